The molecule has 0 aromatic heterocycles. The van der Waals surface area contributed by atoms with Gasteiger partial charge in [0.25, 0.3) is 0 Å². The summed E-state index contributed by atoms with van der Waals surface area (Å²) < 4.78 is 0. The maximum Gasteiger partial charge on any atom is 0.250 e. The van der Waals surface area contributed by atoms with Crippen LogP contribution in [-0.4, -0.2) is 34.7 Å². The lowest BCUT2D eigenvalue weighted by atomic mass is 9.76. The molecule has 160 valence electrons. The van der Waals surface area contributed by atoms with E-state index in [0.717, 1.165) is 5.56 Å². The highest BCUT2D eigenvalue weighted by Crippen LogP contribution is 2.54. The van der Waals surface area contributed by atoms with Crippen molar-refractivity contribution in [2.24, 2.45) is 11.8 Å². The Labute approximate surface area is 185 Å². The van der Waals surface area contributed by atoms with E-state index in [2.05, 4.69) is 10.6 Å². The van der Waals surface area contributed by atoms with Crippen LogP contribution in [0.25, 0.3) is 0 Å². The van der Waals surface area contributed by atoms with Crippen molar-refractivity contribution < 1.29 is 14.4 Å². The number of para-hydroxylation sites is 1. The van der Waals surface area contributed by atoms with Gasteiger partial charge >= 0.3 is 0 Å². The zero-order valence-electron chi connectivity index (χ0n) is 17.4. The molecule has 2 fully saturated rings. The van der Waals surface area contributed by atoms with Crippen molar-refractivity contribution >= 4 is 35.0 Å². The van der Waals surface area contributed by atoms with Crippen LogP contribution in [0.2, 0.25) is 5.02 Å². The van der Waals surface area contributed by atoms with E-state index in [1.807, 2.05) is 50.2 Å². The van der Waals surface area contributed by atoms with Gasteiger partial charge in [-0.15, -0.1) is 0 Å². The average molecular weight is 438 g/mol. The molecule has 3 amide bonds. The molecule has 5 rings (SSSR count). The Balaban J connectivity index is 1.66. The molecule has 2 saturated heterocycles. The van der Waals surface area contributed by atoms with Crippen LogP contribution >= 0.6 is 11.6 Å². The number of nitrogens with zero attached hydrogens (tertiary/aromatic N) is 1. The summed E-state index contributed by atoms with van der Waals surface area (Å²) >= 11 is 6.37. The zero-order valence-corrected chi connectivity index (χ0v) is 18.1. The van der Waals surface area contributed by atoms with Crippen molar-refractivity contribution in [2.75, 3.05) is 5.32 Å². The minimum absolute atomic E-state index is 0.196. The third-order valence-corrected chi connectivity index (χ3v) is 7.38. The number of hydrogen-bond acceptors (Lipinski definition) is 4. The molecule has 31 heavy (non-hydrogen) atoms. The van der Waals surface area contributed by atoms with Crippen molar-refractivity contribution in [3.8, 4) is 0 Å². The number of nitrogens with one attached hydrogen (secondary N) is 2. The van der Waals surface area contributed by atoms with E-state index >= 15 is 0 Å². The highest BCUT2D eigenvalue weighted by molar-refractivity contribution is 6.35. The van der Waals surface area contributed by atoms with E-state index in [-0.39, 0.29) is 29.8 Å². The Bertz CT molecular complexity index is 1090. The van der Waals surface area contributed by atoms with Crippen molar-refractivity contribution in [3.05, 3.63) is 64.7 Å². The Kier molecular flexibility index (Phi) is 4.68. The van der Waals surface area contributed by atoms with Gasteiger partial charge < -0.3 is 5.32 Å². The first-order valence-electron chi connectivity index (χ1n) is 10.7. The van der Waals surface area contributed by atoms with E-state index in [4.69, 9.17) is 11.6 Å². The number of halogens is 1. The van der Waals surface area contributed by atoms with Gasteiger partial charge in [0, 0.05) is 17.6 Å². The van der Waals surface area contributed by atoms with Crippen LogP contribution in [-0.2, 0) is 26.3 Å². The number of anilines is 1. The summed E-state index contributed by atoms with van der Waals surface area (Å²) in [6, 6.07) is 14.6. The van der Waals surface area contributed by atoms with Gasteiger partial charge in [-0.2, -0.15) is 0 Å². The number of imide groups is 1. The van der Waals surface area contributed by atoms with Gasteiger partial charge in [-0.25, -0.2) is 0 Å². The Morgan fingerprint density at radius 2 is 1.81 bits per heavy atom. The molecule has 2 aromatic carbocycles. The van der Waals surface area contributed by atoms with E-state index in [0.29, 0.717) is 29.1 Å². The fourth-order valence-corrected chi connectivity index (χ4v) is 5.70. The van der Waals surface area contributed by atoms with Crippen molar-refractivity contribution in [3.63, 3.8) is 0 Å². The number of benzene rings is 2. The first kappa shape index (κ1) is 20.2. The maximum absolute atomic E-state index is 13.6. The quantitative estimate of drug-likeness (QED) is 0.720. The number of carbonyl (C=O) groups is 3. The molecule has 0 bridgehead atoms. The van der Waals surface area contributed by atoms with E-state index in [9.17, 15) is 14.4 Å². The lowest BCUT2D eigenvalue weighted by Gasteiger charge is -2.31. The third kappa shape index (κ3) is 2.71. The summed E-state index contributed by atoms with van der Waals surface area (Å²) in [5.74, 6) is -2.22. The standard InChI is InChI=1S/C24H24ClN3O3/c1-3-13(2)28-21(29)18-17(12-14-8-5-4-6-9-14)27-24(19(18)22(28)30)15-10-7-11-16(25)20(15)26-23(24)31/h4-11,13,17-19,27H,3,12H2,1-2H3,(H,26,31)/t13-,17+,18+,19-,24+/m0/s1. The van der Waals surface area contributed by atoms with Crippen molar-refractivity contribution in [2.45, 2.75) is 44.3 Å². The van der Waals surface area contributed by atoms with E-state index in [1.54, 1.807) is 12.1 Å². The van der Waals surface area contributed by atoms with Crippen LogP contribution in [0.1, 0.15) is 31.4 Å². The minimum atomic E-state index is -1.31. The number of amides is 3. The molecule has 2 aromatic rings. The molecule has 0 unspecified atom stereocenters. The molecule has 5 atom stereocenters. The number of likely N-dealkylation sites (tertiary alicyclic amines) is 1. The van der Waals surface area contributed by atoms with E-state index < -0.39 is 17.4 Å². The van der Waals surface area contributed by atoms with Gasteiger partial charge in [0.05, 0.1) is 22.5 Å². The van der Waals surface area contributed by atoms with Crippen molar-refractivity contribution in [1.82, 2.24) is 10.2 Å². The van der Waals surface area contributed by atoms with Gasteiger partial charge in [0.2, 0.25) is 17.7 Å². The summed E-state index contributed by atoms with van der Waals surface area (Å²) in [6.07, 6.45) is 1.20. The second-order valence-electron chi connectivity index (χ2n) is 8.67. The Morgan fingerprint density at radius 1 is 1.06 bits per heavy atom. The maximum atomic E-state index is 13.6. The molecule has 0 radical (unpaired) electrons. The minimum Gasteiger partial charge on any atom is -0.323 e. The van der Waals surface area contributed by atoms with Gasteiger partial charge in [0.15, 0.2) is 0 Å². The summed E-state index contributed by atoms with van der Waals surface area (Å²) in [5.41, 5.74) is 0.896. The molecule has 0 saturated carbocycles. The summed E-state index contributed by atoms with van der Waals surface area (Å²) in [7, 11) is 0. The SMILES string of the molecule is CC[C@H](C)N1C(=O)[C@H]2[C@@H](C1=O)[C@@]1(N[C@@H]2Cc2ccccc2)C(=O)Nc2c(Cl)cccc21. The summed E-state index contributed by atoms with van der Waals surface area (Å²) in [5, 5.41) is 6.74. The lowest BCUT2D eigenvalue weighted by Crippen LogP contribution is -2.54. The molecule has 7 heteroatoms. The number of hydrogen-bond donors (Lipinski definition) is 2. The van der Waals surface area contributed by atoms with Crippen molar-refractivity contribution in [1.29, 1.82) is 0 Å². The van der Waals surface area contributed by atoms with Crippen LogP contribution in [0.3, 0.4) is 0 Å². The first-order valence-corrected chi connectivity index (χ1v) is 11.1. The molecular weight excluding hydrogens is 414 g/mol. The van der Waals surface area contributed by atoms with Crippen LogP contribution in [0.4, 0.5) is 5.69 Å². The van der Waals surface area contributed by atoms with Gasteiger partial charge in [0.1, 0.15) is 5.54 Å². The monoisotopic (exact) mass is 437 g/mol. The van der Waals surface area contributed by atoms with Crippen LogP contribution in [0.15, 0.2) is 48.5 Å². The zero-order chi connectivity index (χ0) is 21.9. The average Bonchev–Trinajstić information content (AvgIpc) is 3.34. The Morgan fingerprint density at radius 3 is 2.52 bits per heavy atom. The molecule has 6 nitrogen and oxygen atoms in total. The fourth-order valence-electron chi connectivity index (χ4n) is 5.48. The number of rotatable bonds is 4. The predicted octanol–water partition coefficient (Wildman–Crippen LogP) is 3.10. The number of carbonyl (C=O) groups excluding carboxylic acids is 3. The Hall–Kier alpha value is -2.70. The second kappa shape index (κ2) is 7.18. The third-order valence-electron chi connectivity index (χ3n) is 7.06. The molecule has 1 spiro atoms. The van der Waals surface area contributed by atoms with Gasteiger partial charge in [-0.3, -0.25) is 24.6 Å². The van der Waals surface area contributed by atoms with Crippen LogP contribution < -0.4 is 10.6 Å². The van der Waals surface area contributed by atoms with Gasteiger partial charge in [-0.05, 0) is 31.4 Å². The predicted molar refractivity (Wildman–Crippen MR) is 117 cm³/mol. The lowest BCUT2D eigenvalue weighted by molar-refractivity contribution is -0.145. The fraction of sp³-hybridized carbons (Fsp3) is 0.375. The topological polar surface area (TPSA) is 78.5 Å². The van der Waals surface area contributed by atoms with Crippen LogP contribution in [0.5, 0.6) is 0 Å². The molecule has 0 aliphatic carbocycles. The largest absolute Gasteiger partial charge is 0.323 e. The molecule has 2 N–H and O–H groups in total. The summed E-state index contributed by atoms with van der Waals surface area (Å²) in [6.45, 7) is 3.83. The second-order valence-corrected chi connectivity index (χ2v) is 9.08. The molecule has 3 heterocycles. The molecule has 3 aliphatic heterocycles. The van der Waals surface area contributed by atoms with Gasteiger partial charge in [-0.1, -0.05) is 61.0 Å². The smallest absolute Gasteiger partial charge is 0.250 e. The normalized spacial score (nSPS) is 30.0. The molecular formula is C24H24ClN3O3. The highest BCUT2D eigenvalue weighted by atomic mass is 35.5. The van der Waals surface area contributed by atoms with Crippen LogP contribution in [0, 0.1) is 11.8 Å². The summed E-state index contributed by atoms with van der Waals surface area (Å²) in [4.78, 5) is 42.0. The molecule has 3 aliphatic rings. The first-order chi connectivity index (χ1) is 14.9. The van der Waals surface area contributed by atoms with E-state index in [1.165, 1.54) is 4.90 Å². The number of fused-ring (bicyclic) bond motifs is 4. The highest BCUT2D eigenvalue weighted by Gasteiger charge is 2.70.